The molecule has 5 heteroatoms. The standard InChI is InChI=1S/C15H18FNO3/c1-9-6-10-7-13(20-15(2,3)4)11(16)8-12(10)17(9)14(18)19-5/h6-8H,1-5H3. The van der Waals surface area contributed by atoms with E-state index in [-0.39, 0.29) is 5.75 Å². The lowest BCUT2D eigenvalue weighted by molar-refractivity contribution is 0.124. The third-order valence-corrected chi connectivity index (χ3v) is 2.81. The monoisotopic (exact) mass is 279 g/mol. The van der Waals surface area contributed by atoms with Crippen molar-refractivity contribution >= 4 is 17.0 Å². The summed E-state index contributed by atoms with van der Waals surface area (Å²) in [4.78, 5) is 11.7. The molecule has 2 rings (SSSR count). The van der Waals surface area contributed by atoms with Crippen LogP contribution in [0.5, 0.6) is 5.75 Å². The molecule has 20 heavy (non-hydrogen) atoms. The Bertz CT molecular complexity index is 668. The maximum Gasteiger partial charge on any atom is 0.418 e. The predicted molar refractivity (Wildman–Crippen MR) is 74.8 cm³/mol. The van der Waals surface area contributed by atoms with E-state index in [9.17, 15) is 9.18 Å². The fraction of sp³-hybridized carbons (Fsp3) is 0.400. The lowest BCUT2D eigenvalue weighted by atomic mass is 10.1. The molecular weight excluding hydrogens is 261 g/mol. The highest BCUT2D eigenvalue weighted by atomic mass is 19.1. The summed E-state index contributed by atoms with van der Waals surface area (Å²) in [6, 6.07) is 4.68. The molecule has 0 fully saturated rings. The minimum absolute atomic E-state index is 0.173. The number of fused-ring (bicyclic) bond motifs is 1. The number of aryl methyl sites for hydroxylation is 1. The maximum absolute atomic E-state index is 14.1. The molecular formula is C15H18FNO3. The highest BCUT2D eigenvalue weighted by Gasteiger charge is 2.19. The molecule has 0 aliphatic heterocycles. The first kappa shape index (κ1) is 14.4. The van der Waals surface area contributed by atoms with E-state index < -0.39 is 17.5 Å². The van der Waals surface area contributed by atoms with Crippen LogP contribution >= 0.6 is 0 Å². The van der Waals surface area contributed by atoms with Crippen molar-refractivity contribution in [3.8, 4) is 5.75 Å². The number of nitrogens with zero attached hydrogens (tertiary/aromatic N) is 1. The Morgan fingerprint density at radius 1 is 1.25 bits per heavy atom. The summed E-state index contributed by atoms with van der Waals surface area (Å²) in [5, 5.41) is 0.730. The van der Waals surface area contributed by atoms with Crippen molar-refractivity contribution in [2.24, 2.45) is 0 Å². The van der Waals surface area contributed by atoms with Gasteiger partial charge in [0, 0.05) is 17.1 Å². The van der Waals surface area contributed by atoms with E-state index in [0.29, 0.717) is 11.2 Å². The largest absolute Gasteiger partial charge is 0.485 e. The summed E-state index contributed by atoms with van der Waals surface area (Å²) in [7, 11) is 1.29. The summed E-state index contributed by atoms with van der Waals surface area (Å²) in [6.07, 6.45) is -0.540. The van der Waals surface area contributed by atoms with E-state index >= 15 is 0 Å². The average Bonchev–Trinajstić information content (AvgIpc) is 2.62. The van der Waals surface area contributed by atoms with E-state index in [1.54, 1.807) is 19.1 Å². The molecule has 1 aromatic heterocycles. The smallest absolute Gasteiger partial charge is 0.418 e. The third kappa shape index (κ3) is 2.61. The molecule has 0 spiro atoms. The summed E-state index contributed by atoms with van der Waals surface area (Å²) < 4.78 is 25.7. The van der Waals surface area contributed by atoms with Crippen LogP contribution in [0, 0.1) is 12.7 Å². The van der Waals surface area contributed by atoms with E-state index in [4.69, 9.17) is 9.47 Å². The number of ether oxygens (including phenoxy) is 2. The molecule has 1 aromatic carbocycles. The van der Waals surface area contributed by atoms with Gasteiger partial charge in [-0.15, -0.1) is 0 Å². The zero-order valence-electron chi connectivity index (χ0n) is 12.3. The van der Waals surface area contributed by atoms with Crippen molar-refractivity contribution in [1.82, 2.24) is 4.57 Å². The number of carbonyl (C=O) groups is 1. The van der Waals surface area contributed by atoms with Gasteiger partial charge >= 0.3 is 6.09 Å². The molecule has 2 aromatic rings. The lowest BCUT2D eigenvalue weighted by Gasteiger charge is -2.21. The molecule has 0 amide bonds. The normalized spacial score (nSPS) is 11.7. The maximum atomic E-state index is 14.1. The van der Waals surface area contributed by atoms with Gasteiger partial charge in [0.15, 0.2) is 11.6 Å². The summed E-state index contributed by atoms with van der Waals surface area (Å²) >= 11 is 0. The topological polar surface area (TPSA) is 40.5 Å². The number of hydrogen-bond donors (Lipinski definition) is 0. The Morgan fingerprint density at radius 3 is 2.45 bits per heavy atom. The number of halogens is 1. The molecule has 0 saturated heterocycles. The first-order chi connectivity index (χ1) is 9.23. The van der Waals surface area contributed by atoms with Gasteiger partial charge in [-0.05, 0) is 39.8 Å². The first-order valence-electron chi connectivity index (χ1n) is 6.32. The molecule has 4 nitrogen and oxygen atoms in total. The Hall–Kier alpha value is -2.04. The zero-order valence-corrected chi connectivity index (χ0v) is 12.3. The van der Waals surface area contributed by atoms with Crippen LogP contribution in [0.1, 0.15) is 26.5 Å². The van der Waals surface area contributed by atoms with Crippen LogP contribution in [0.25, 0.3) is 10.9 Å². The van der Waals surface area contributed by atoms with Crippen molar-refractivity contribution in [3.05, 3.63) is 29.7 Å². The Kier molecular flexibility index (Phi) is 3.46. The first-order valence-corrected chi connectivity index (χ1v) is 6.32. The molecule has 0 saturated carbocycles. The van der Waals surface area contributed by atoms with Gasteiger partial charge in [0.25, 0.3) is 0 Å². The highest BCUT2D eigenvalue weighted by Crippen LogP contribution is 2.29. The van der Waals surface area contributed by atoms with Crippen molar-refractivity contribution in [2.75, 3.05) is 7.11 Å². The zero-order chi connectivity index (χ0) is 15.1. The second-order valence-corrected chi connectivity index (χ2v) is 5.65. The molecule has 0 atom stereocenters. The Morgan fingerprint density at radius 2 is 1.90 bits per heavy atom. The van der Waals surface area contributed by atoms with Crippen LogP contribution in [-0.4, -0.2) is 23.4 Å². The summed E-state index contributed by atoms with van der Waals surface area (Å²) in [5.41, 5.74) is 0.654. The fourth-order valence-corrected chi connectivity index (χ4v) is 2.09. The number of benzene rings is 1. The van der Waals surface area contributed by atoms with Crippen LogP contribution in [0.15, 0.2) is 18.2 Å². The number of carbonyl (C=O) groups excluding carboxylic acids is 1. The number of hydrogen-bond acceptors (Lipinski definition) is 3. The fourth-order valence-electron chi connectivity index (χ4n) is 2.09. The molecule has 0 N–H and O–H groups in total. The van der Waals surface area contributed by atoms with Gasteiger partial charge < -0.3 is 9.47 Å². The minimum atomic E-state index is -0.540. The molecule has 0 radical (unpaired) electrons. The molecule has 0 unspecified atom stereocenters. The van der Waals surface area contributed by atoms with Crippen LogP contribution in [-0.2, 0) is 4.74 Å². The summed E-state index contributed by atoms with van der Waals surface area (Å²) in [6.45, 7) is 7.31. The molecule has 0 bridgehead atoms. The number of rotatable bonds is 1. The molecule has 108 valence electrons. The second-order valence-electron chi connectivity index (χ2n) is 5.65. The summed E-state index contributed by atoms with van der Waals surface area (Å²) in [5.74, 6) is -0.331. The minimum Gasteiger partial charge on any atom is -0.485 e. The predicted octanol–water partition coefficient (Wildman–Crippen LogP) is 3.88. The van der Waals surface area contributed by atoms with E-state index in [1.807, 2.05) is 20.8 Å². The van der Waals surface area contributed by atoms with Gasteiger partial charge in [0.1, 0.15) is 5.60 Å². The van der Waals surface area contributed by atoms with E-state index in [1.165, 1.54) is 17.7 Å². The second kappa shape index (κ2) is 4.81. The Balaban J connectivity index is 2.60. The highest BCUT2D eigenvalue weighted by molar-refractivity contribution is 5.91. The van der Waals surface area contributed by atoms with Crippen LogP contribution in [0.3, 0.4) is 0 Å². The lowest BCUT2D eigenvalue weighted by Crippen LogP contribution is -2.23. The number of methoxy groups -OCH3 is 1. The van der Waals surface area contributed by atoms with Crippen molar-refractivity contribution in [3.63, 3.8) is 0 Å². The Labute approximate surface area is 117 Å². The molecule has 0 aliphatic rings. The van der Waals surface area contributed by atoms with Gasteiger partial charge in [0.2, 0.25) is 0 Å². The van der Waals surface area contributed by atoms with Gasteiger partial charge in [-0.2, -0.15) is 0 Å². The van der Waals surface area contributed by atoms with Gasteiger partial charge in [-0.1, -0.05) is 0 Å². The van der Waals surface area contributed by atoms with Crippen LogP contribution in [0.4, 0.5) is 9.18 Å². The van der Waals surface area contributed by atoms with Crippen LogP contribution in [0.2, 0.25) is 0 Å². The van der Waals surface area contributed by atoms with E-state index in [2.05, 4.69) is 0 Å². The van der Waals surface area contributed by atoms with Crippen molar-refractivity contribution in [1.29, 1.82) is 0 Å². The SMILES string of the molecule is COC(=O)n1c(C)cc2cc(OC(C)(C)C)c(F)cc21. The molecule has 1 heterocycles. The number of aromatic nitrogens is 1. The van der Waals surface area contributed by atoms with Gasteiger partial charge in [0.05, 0.1) is 12.6 Å². The van der Waals surface area contributed by atoms with E-state index in [0.717, 1.165) is 5.39 Å². The van der Waals surface area contributed by atoms with Crippen LogP contribution < -0.4 is 4.74 Å². The quantitative estimate of drug-likeness (QED) is 0.795. The van der Waals surface area contributed by atoms with Gasteiger partial charge in [-0.3, -0.25) is 0 Å². The molecule has 0 aliphatic carbocycles. The third-order valence-electron chi connectivity index (χ3n) is 2.81. The average molecular weight is 279 g/mol. The van der Waals surface area contributed by atoms with Crippen molar-refractivity contribution in [2.45, 2.75) is 33.3 Å². The van der Waals surface area contributed by atoms with Crippen molar-refractivity contribution < 1.29 is 18.7 Å². The van der Waals surface area contributed by atoms with Gasteiger partial charge in [-0.25, -0.2) is 13.8 Å².